The summed E-state index contributed by atoms with van der Waals surface area (Å²) in [6, 6.07) is 0. The summed E-state index contributed by atoms with van der Waals surface area (Å²) in [5.74, 6) is 7.00. The fourth-order valence-electron chi connectivity index (χ4n) is 0. The monoisotopic (exact) mass is 79.1 g/mol. The third-order valence-corrected chi connectivity index (χ3v) is 0. The zero-order chi connectivity index (χ0) is 4.00. The van der Waals surface area contributed by atoms with Crippen LogP contribution < -0.4 is 11.7 Å². The van der Waals surface area contributed by atoms with Crippen LogP contribution in [0.4, 0.5) is 0 Å². The van der Waals surface area contributed by atoms with Crippen LogP contribution in [0.2, 0.25) is 0 Å². The van der Waals surface area contributed by atoms with E-state index in [0.717, 1.165) is 0 Å². The molecule has 0 aromatic heterocycles. The van der Waals surface area contributed by atoms with Crippen molar-refractivity contribution in [3.63, 3.8) is 0 Å². The van der Waals surface area contributed by atoms with Gasteiger partial charge in [-0.25, -0.2) is 0 Å². The van der Waals surface area contributed by atoms with Gasteiger partial charge in [-0.05, 0) is 0 Å². The van der Waals surface area contributed by atoms with Gasteiger partial charge in [0, 0.05) is 0 Å². The van der Waals surface area contributed by atoms with E-state index in [2.05, 4.69) is 11.7 Å². The normalized spacial score (nSPS) is 2.40. The molecule has 0 bridgehead atoms. The first kappa shape index (κ1) is 20.5. The number of nitrogens with two attached hydrogens (primary N) is 1. The zero-order valence-electron chi connectivity index (χ0n) is 3.28. The van der Waals surface area contributed by atoms with Crippen LogP contribution >= 0.6 is 0 Å². The molecular weight excluding hydrogens is 64.0 g/mol. The van der Waals surface area contributed by atoms with E-state index in [9.17, 15) is 0 Å². The van der Waals surface area contributed by atoms with Crippen molar-refractivity contribution >= 4 is 0 Å². The van der Waals surface area contributed by atoms with Gasteiger partial charge in [0.15, 0.2) is 0 Å². The molecule has 5 heavy (non-hydrogen) atoms. The van der Waals surface area contributed by atoms with Crippen LogP contribution in [0, 0.1) is 0 Å². The molecule has 0 aliphatic rings. The molecule has 2 heteroatoms. The van der Waals surface area contributed by atoms with Gasteiger partial charge in [-0.15, -0.1) is 0 Å². The highest BCUT2D eigenvalue weighted by Gasteiger charge is 0.932. The quantitative estimate of drug-likeness (QED) is 0.306. The van der Waals surface area contributed by atoms with Crippen molar-refractivity contribution < 1.29 is 5.84 Å². The minimum Gasteiger partial charge on any atom is -0.283 e. The highest BCUT2D eigenvalue weighted by Crippen LogP contribution is 1.14. The maximum Gasteiger partial charge on any atom is -0.0683 e. The summed E-state index contributed by atoms with van der Waals surface area (Å²) in [5.41, 5.74) is 0. The molecule has 0 spiro atoms. The van der Waals surface area contributed by atoms with Gasteiger partial charge in [-0.2, -0.15) is 5.84 Å². The van der Waals surface area contributed by atoms with E-state index in [1.165, 1.54) is 0 Å². The van der Waals surface area contributed by atoms with Gasteiger partial charge >= 0.3 is 0 Å². The number of hydrogen-bond donors (Lipinski definition) is 2. The summed E-state index contributed by atoms with van der Waals surface area (Å²) in [7, 11) is 0. The predicted octanol–water partition coefficient (Wildman–Crippen LogP) is -0.236. The second-order valence-electron chi connectivity index (χ2n) is 0. The summed E-state index contributed by atoms with van der Waals surface area (Å²) in [4.78, 5) is 0. The van der Waals surface area contributed by atoms with Crippen LogP contribution in [-0.4, -0.2) is 0 Å². The van der Waals surface area contributed by atoms with Crippen molar-refractivity contribution in [2.75, 3.05) is 0 Å². The van der Waals surface area contributed by atoms with Crippen molar-refractivity contribution in [2.45, 2.75) is 21.3 Å². The molecule has 0 amide bonds. The van der Waals surface area contributed by atoms with Crippen molar-refractivity contribution in [2.24, 2.45) is 5.84 Å². The highest BCUT2D eigenvalue weighted by atomic mass is 15.0. The Morgan fingerprint density at radius 3 is 1.20 bits per heavy atom. The molecule has 0 radical (unpaired) electrons. The van der Waals surface area contributed by atoms with E-state index >= 15 is 0 Å². The maximum atomic E-state index is 4.25. The third kappa shape index (κ3) is 2260. The Balaban J connectivity index is -0.0000000133. The van der Waals surface area contributed by atoms with E-state index in [1.54, 1.807) is 0 Å². The fraction of sp³-hybridized carbons (Fsp3) is 1.00. The highest BCUT2D eigenvalue weighted by molar-refractivity contribution is 3.50. The lowest BCUT2D eigenvalue weighted by Gasteiger charge is -1.24. The third-order valence-electron chi connectivity index (χ3n) is 0. The SMILES string of the molecule is C.CC.N[NH3+]. The zero-order valence-corrected chi connectivity index (χ0v) is 3.28. The van der Waals surface area contributed by atoms with Gasteiger partial charge < -0.3 is 0 Å². The Kier molecular flexibility index (Phi) is 21400. The number of hydrogen-bond acceptors (Lipinski definition) is 1. The van der Waals surface area contributed by atoms with E-state index in [0.29, 0.717) is 0 Å². The first-order valence-corrected chi connectivity index (χ1v) is 1.41. The molecule has 0 fully saturated rings. The van der Waals surface area contributed by atoms with Crippen LogP contribution in [0.1, 0.15) is 21.3 Å². The minimum atomic E-state index is 0. The van der Waals surface area contributed by atoms with Gasteiger partial charge in [0.1, 0.15) is 0 Å². The Morgan fingerprint density at radius 2 is 1.20 bits per heavy atom. The van der Waals surface area contributed by atoms with Crippen LogP contribution in [0.15, 0.2) is 0 Å². The van der Waals surface area contributed by atoms with Gasteiger partial charge in [0.25, 0.3) is 0 Å². The van der Waals surface area contributed by atoms with Crippen LogP contribution in [0.25, 0.3) is 0 Å². The average Bonchev–Trinajstić information content (AvgIpc) is 1.50. The maximum absolute atomic E-state index is 4.25. The average molecular weight is 79.2 g/mol. The molecule has 0 saturated carbocycles. The molecule has 2 nitrogen and oxygen atoms in total. The van der Waals surface area contributed by atoms with Gasteiger partial charge in [-0.1, -0.05) is 21.3 Å². The van der Waals surface area contributed by atoms with E-state index < -0.39 is 0 Å². The van der Waals surface area contributed by atoms with Gasteiger partial charge in [-0.3, -0.25) is 5.84 Å². The summed E-state index contributed by atoms with van der Waals surface area (Å²) >= 11 is 0. The molecule has 0 atom stereocenters. The molecule has 0 aromatic rings. The fourth-order valence-corrected chi connectivity index (χ4v) is 0. The Labute approximate surface area is 34.1 Å². The predicted molar refractivity (Wildman–Crippen MR) is 25.2 cm³/mol. The Bertz CT molecular complexity index is 4.85. The summed E-state index contributed by atoms with van der Waals surface area (Å²) in [6.07, 6.45) is 0. The lowest BCUT2D eigenvalue weighted by Crippen LogP contribution is -2.59. The smallest absolute Gasteiger partial charge is 0.0683 e. The first-order chi connectivity index (χ1) is 2.00. The van der Waals surface area contributed by atoms with Crippen LogP contribution in [0.5, 0.6) is 0 Å². The molecule has 0 rings (SSSR count). The molecule has 36 valence electrons. The Hall–Kier alpha value is -0.0800. The lowest BCUT2D eigenvalue weighted by molar-refractivity contribution is -0.379. The molecular formula is C3H15N2+. The van der Waals surface area contributed by atoms with E-state index in [1.807, 2.05) is 13.8 Å². The molecule has 0 aliphatic heterocycles. The van der Waals surface area contributed by atoms with Gasteiger partial charge in [0.2, 0.25) is 0 Å². The molecule has 0 unspecified atom stereocenters. The largest absolute Gasteiger partial charge is 0.283 e. The standard InChI is InChI=1S/C2H6.CH4.H4N2/c1-2;;1-2/h1-2H3;1H4;1-2H2/p+1. The topological polar surface area (TPSA) is 53.7 Å². The molecule has 0 aromatic carbocycles. The molecule has 0 saturated heterocycles. The van der Waals surface area contributed by atoms with Crippen LogP contribution in [0.3, 0.4) is 0 Å². The second-order valence-corrected chi connectivity index (χ2v) is 0. The number of rotatable bonds is 0. The van der Waals surface area contributed by atoms with Crippen LogP contribution in [-0.2, 0) is 0 Å². The summed E-state index contributed by atoms with van der Waals surface area (Å²) in [5, 5.41) is 0. The van der Waals surface area contributed by atoms with Crippen molar-refractivity contribution in [1.29, 1.82) is 0 Å². The van der Waals surface area contributed by atoms with E-state index in [-0.39, 0.29) is 7.43 Å². The molecule has 5 N–H and O–H groups in total. The summed E-state index contributed by atoms with van der Waals surface area (Å²) < 4.78 is 0. The number of quaternary nitrogens is 1. The van der Waals surface area contributed by atoms with Gasteiger partial charge in [0.05, 0.1) is 0 Å². The molecule has 0 aliphatic carbocycles. The van der Waals surface area contributed by atoms with E-state index in [4.69, 9.17) is 0 Å². The minimum absolute atomic E-state index is 0. The van der Waals surface area contributed by atoms with Crippen molar-refractivity contribution in [1.82, 2.24) is 0 Å². The van der Waals surface area contributed by atoms with Crippen molar-refractivity contribution in [3.05, 3.63) is 0 Å². The Morgan fingerprint density at radius 1 is 1.20 bits per heavy atom. The second kappa shape index (κ2) is 5220. The molecule has 0 heterocycles. The first-order valence-electron chi connectivity index (χ1n) is 1.41. The summed E-state index contributed by atoms with van der Waals surface area (Å²) in [6.45, 7) is 4.00. The van der Waals surface area contributed by atoms with Crippen molar-refractivity contribution in [3.8, 4) is 0 Å². The lowest BCUT2D eigenvalue weighted by atomic mass is 11.0.